The van der Waals surface area contributed by atoms with Gasteiger partial charge in [0.15, 0.2) is 6.10 Å². The van der Waals surface area contributed by atoms with Crippen LogP contribution in [-0.4, -0.2) is 120 Å². The molecule has 0 aliphatic carbocycles. The van der Waals surface area contributed by atoms with Crippen LogP contribution >= 0.6 is 0 Å². The van der Waals surface area contributed by atoms with Gasteiger partial charge in [0, 0.05) is 6.07 Å². The molecule has 14 heteroatoms. The second-order valence-electron chi connectivity index (χ2n) is 9.33. The molecule has 0 spiro atoms. The van der Waals surface area contributed by atoms with Crippen molar-refractivity contribution in [3.05, 3.63) is 53.6 Å². The van der Waals surface area contributed by atoms with E-state index in [4.69, 9.17) is 24.1 Å². The summed E-state index contributed by atoms with van der Waals surface area (Å²) >= 11 is 0. The first-order valence-corrected chi connectivity index (χ1v) is 12.2. The van der Waals surface area contributed by atoms with Crippen LogP contribution in [0.3, 0.4) is 0 Å². The van der Waals surface area contributed by atoms with Crippen molar-refractivity contribution >= 4 is 18.1 Å². The molecule has 2 heterocycles. The van der Waals surface area contributed by atoms with Gasteiger partial charge < -0.3 is 64.9 Å². The molecule has 14 nitrogen and oxygen atoms in total. The minimum Gasteiger partial charge on any atom is -0.508 e. The molecule has 2 aliphatic heterocycles. The van der Waals surface area contributed by atoms with Gasteiger partial charge in [0.05, 0.1) is 6.61 Å². The first-order chi connectivity index (χ1) is 19.0. The van der Waals surface area contributed by atoms with Gasteiger partial charge in [-0.05, 0) is 35.4 Å². The Hall–Kier alpha value is -3.31. The van der Waals surface area contributed by atoms with Crippen molar-refractivity contribution in [3.8, 4) is 17.2 Å². The summed E-state index contributed by atoms with van der Waals surface area (Å²) in [6, 6.07) is 10.4. The monoisotopic (exact) mass is 566 g/mol. The van der Waals surface area contributed by atoms with Crippen molar-refractivity contribution in [2.45, 2.75) is 61.4 Å². The van der Waals surface area contributed by atoms with Crippen LogP contribution < -0.4 is 9.47 Å². The molecule has 0 bridgehead atoms. The Morgan fingerprint density at radius 1 is 0.725 bits per heavy atom. The van der Waals surface area contributed by atoms with Crippen molar-refractivity contribution in [2.75, 3.05) is 6.61 Å². The fourth-order valence-electron chi connectivity index (χ4n) is 4.20. The molecule has 2 aromatic carbocycles. The van der Waals surface area contributed by atoms with Crippen LogP contribution in [0, 0.1) is 0 Å². The summed E-state index contributed by atoms with van der Waals surface area (Å²) in [6.45, 7) is -0.620. The topological polar surface area (TPSA) is 236 Å². The van der Waals surface area contributed by atoms with E-state index in [-0.39, 0.29) is 17.2 Å². The lowest BCUT2D eigenvalue weighted by Crippen LogP contribution is -2.61. The second kappa shape index (κ2) is 12.5. The van der Waals surface area contributed by atoms with E-state index in [9.17, 15) is 45.6 Å². The SMILES string of the molecule is O=C(O)C1OC(Oc2ccc(/C=C/c3cc(O)cc(OC4OC(CO)C(O)C(O)C4O)c3)cc2)C(O)C(O)C1O. The highest BCUT2D eigenvalue weighted by atomic mass is 16.7. The lowest BCUT2D eigenvalue weighted by Gasteiger charge is -2.39. The van der Waals surface area contributed by atoms with Crippen LogP contribution in [0.4, 0.5) is 0 Å². The van der Waals surface area contributed by atoms with Gasteiger partial charge in [0.1, 0.15) is 60.0 Å². The third kappa shape index (κ3) is 6.52. The number of rotatable bonds is 8. The Morgan fingerprint density at radius 3 is 1.93 bits per heavy atom. The minimum atomic E-state index is -1.83. The van der Waals surface area contributed by atoms with E-state index < -0.39 is 74.0 Å². The van der Waals surface area contributed by atoms with Gasteiger partial charge >= 0.3 is 5.97 Å². The number of benzene rings is 2. The predicted molar refractivity (Wildman–Crippen MR) is 133 cm³/mol. The number of aliphatic hydroxyl groups is 7. The maximum absolute atomic E-state index is 11.2. The van der Waals surface area contributed by atoms with Crippen molar-refractivity contribution < 1.29 is 69.7 Å². The van der Waals surface area contributed by atoms with Crippen LogP contribution in [0.15, 0.2) is 42.5 Å². The third-order valence-electron chi connectivity index (χ3n) is 6.43. The number of carboxylic acid groups (broad SMARTS) is 1. The summed E-state index contributed by atoms with van der Waals surface area (Å²) in [5.74, 6) is -1.45. The van der Waals surface area contributed by atoms with Gasteiger partial charge in [-0.15, -0.1) is 0 Å². The van der Waals surface area contributed by atoms with Crippen molar-refractivity contribution in [1.82, 2.24) is 0 Å². The number of phenols is 1. The predicted octanol–water partition coefficient (Wildman–Crippen LogP) is -1.99. The lowest BCUT2D eigenvalue weighted by molar-refractivity contribution is -0.277. The summed E-state index contributed by atoms with van der Waals surface area (Å²) in [5, 5.41) is 88.4. The smallest absolute Gasteiger partial charge is 0.335 e. The molecule has 4 rings (SSSR count). The van der Waals surface area contributed by atoms with E-state index in [1.165, 1.54) is 30.3 Å². The van der Waals surface area contributed by atoms with Crippen LogP contribution in [0.1, 0.15) is 11.1 Å². The molecule has 10 atom stereocenters. The van der Waals surface area contributed by atoms with Crippen molar-refractivity contribution in [2.24, 2.45) is 0 Å². The quantitative estimate of drug-likeness (QED) is 0.157. The fraction of sp³-hybridized carbons (Fsp3) is 0.423. The van der Waals surface area contributed by atoms with Crippen molar-refractivity contribution in [1.29, 1.82) is 0 Å². The van der Waals surface area contributed by atoms with Crippen LogP contribution in [-0.2, 0) is 14.3 Å². The van der Waals surface area contributed by atoms with Gasteiger partial charge in [-0.2, -0.15) is 0 Å². The molecular formula is C26H30O14. The molecule has 2 aromatic rings. The summed E-state index contributed by atoms with van der Waals surface area (Å²) in [6.07, 6.45) is -12.7. The summed E-state index contributed by atoms with van der Waals surface area (Å²) in [5.41, 5.74) is 1.14. The molecule has 2 aliphatic rings. The highest BCUT2D eigenvalue weighted by molar-refractivity contribution is 5.73. The van der Waals surface area contributed by atoms with E-state index >= 15 is 0 Å². The molecule has 10 unspecified atom stereocenters. The van der Waals surface area contributed by atoms with Gasteiger partial charge in [-0.3, -0.25) is 0 Å². The molecule has 0 radical (unpaired) electrons. The van der Waals surface area contributed by atoms with Gasteiger partial charge in [0.2, 0.25) is 12.6 Å². The van der Waals surface area contributed by atoms with E-state index in [2.05, 4.69) is 0 Å². The number of ether oxygens (including phenoxy) is 4. The fourth-order valence-corrected chi connectivity index (χ4v) is 4.20. The zero-order chi connectivity index (χ0) is 29.1. The standard InChI is InChI=1S/C26H30O14/c27-10-16-17(29)18(30)21(33)25(39-16)38-15-8-12(7-13(28)9-15)2-1-11-3-5-14(6-4-11)37-26-22(34)19(31)20(32)23(40-26)24(35)36/h1-9,16-23,25-34H,10H2,(H,35,36)/b2-1+. The molecule has 0 saturated carbocycles. The molecular weight excluding hydrogens is 536 g/mol. The number of aliphatic hydroxyl groups excluding tert-OH is 7. The van der Waals surface area contributed by atoms with Crippen molar-refractivity contribution in [3.63, 3.8) is 0 Å². The number of aliphatic carboxylic acids is 1. The molecule has 0 aromatic heterocycles. The number of hydrogen-bond donors (Lipinski definition) is 9. The molecule has 40 heavy (non-hydrogen) atoms. The normalized spacial score (nSPS) is 34.5. The Balaban J connectivity index is 1.41. The molecule has 218 valence electrons. The summed E-state index contributed by atoms with van der Waals surface area (Å²) in [4.78, 5) is 11.2. The average molecular weight is 567 g/mol. The molecule has 9 N–H and O–H groups in total. The zero-order valence-corrected chi connectivity index (χ0v) is 20.7. The largest absolute Gasteiger partial charge is 0.508 e. The highest BCUT2D eigenvalue weighted by Crippen LogP contribution is 2.29. The zero-order valence-electron chi connectivity index (χ0n) is 20.7. The molecule has 0 amide bonds. The van der Waals surface area contributed by atoms with Gasteiger partial charge in [-0.25, -0.2) is 4.79 Å². The average Bonchev–Trinajstić information content (AvgIpc) is 2.92. The second-order valence-corrected chi connectivity index (χ2v) is 9.33. The number of carboxylic acids is 1. The number of carbonyl (C=O) groups is 1. The highest BCUT2D eigenvalue weighted by Gasteiger charge is 2.48. The Kier molecular flexibility index (Phi) is 9.25. The van der Waals surface area contributed by atoms with Crippen LogP contribution in [0.2, 0.25) is 0 Å². The Morgan fingerprint density at radius 2 is 1.30 bits per heavy atom. The summed E-state index contributed by atoms with van der Waals surface area (Å²) < 4.78 is 21.4. The first-order valence-electron chi connectivity index (χ1n) is 12.2. The van der Waals surface area contributed by atoms with E-state index in [1.54, 1.807) is 24.3 Å². The van der Waals surface area contributed by atoms with E-state index in [1.807, 2.05) is 0 Å². The van der Waals surface area contributed by atoms with E-state index in [0.717, 1.165) is 0 Å². The number of hydrogen-bond acceptors (Lipinski definition) is 13. The minimum absolute atomic E-state index is 0.0748. The van der Waals surface area contributed by atoms with Gasteiger partial charge in [0.25, 0.3) is 0 Å². The maximum atomic E-state index is 11.2. The van der Waals surface area contributed by atoms with Crippen LogP contribution in [0.25, 0.3) is 12.2 Å². The first kappa shape index (κ1) is 29.7. The number of aromatic hydroxyl groups is 1. The maximum Gasteiger partial charge on any atom is 0.335 e. The third-order valence-corrected chi connectivity index (χ3v) is 6.43. The Labute approximate surface area is 227 Å². The van der Waals surface area contributed by atoms with Gasteiger partial charge in [-0.1, -0.05) is 24.3 Å². The Bertz CT molecular complexity index is 1180. The van der Waals surface area contributed by atoms with E-state index in [0.29, 0.717) is 11.1 Å². The summed E-state index contributed by atoms with van der Waals surface area (Å²) in [7, 11) is 0. The lowest BCUT2D eigenvalue weighted by atomic mass is 9.99. The number of phenolic OH excluding ortho intramolecular Hbond substituents is 1. The molecule has 2 saturated heterocycles. The molecule has 2 fully saturated rings. The van der Waals surface area contributed by atoms with Crippen LogP contribution in [0.5, 0.6) is 17.2 Å².